The second-order valence-electron chi connectivity index (χ2n) is 2.43. The van der Waals surface area contributed by atoms with Crippen molar-refractivity contribution in [3.8, 4) is 5.75 Å². The predicted octanol–water partition coefficient (Wildman–Crippen LogP) is 2.90. The van der Waals surface area contributed by atoms with Crippen LogP contribution in [0.4, 0.5) is 10.1 Å². The van der Waals surface area contributed by atoms with Crippen LogP contribution < -0.4 is 4.74 Å². The molecule has 0 radical (unpaired) electrons. The molecule has 76 valence electrons. The number of nitro groups is 1. The summed E-state index contributed by atoms with van der Waals surface area (Å²) in [7, 11) is 0. The summed E-state index contributed by atoms with van der Waals surface area (Å²) in [6.45, 7) is 2.12. The molecule has 0 atom stereocenters. The van der Waals surface area contributed by atoms with Gasteiger partial charge in [-0.25, -0.2) is 0 Å². The highest BCUT2D eigenvalue weighted by molar-refractivity contribution is 9.10. The van der Waals surface area contributed by atoms with Crippen molar-refractivity contribution in [2.45, 2.75) is 6.92 Å². The van der Waals surface area contributed by atoms with Crippen LogP contribution in [0.2, 0.25) is 0 Å². The fourth-order valence-corrected chi connectivity index (χ4v) is 1.53. The Balaban J connectivity index is 3.18. The van der Waals surface area contributed by atoms with Crippen LogP contribution in [0, 0.1) is 15.9 Å². The minimum absolute atomic E-state index is 0.0750. The van der Waals surface area contributed by atoms with E-state index in [1.54, 1.807) is 6.92 Å². The molecule has 0 saturated heterocycles. The van der Waals surface area contributed by atoms with E-state index in [1.165, 1.54) is 6.07 Å². The highest BCUT2D eigenvalue weighted by Crippen LogP contribution is 2.32. The van der Waals surface area contributed by atoms with E-state index in [0.717, 1.165) is 6.07 Å². The van der Waals surface area contributed by atoms with Crippen molar-refractivity contribution in [2.75, 3.05) is 6.61 Å². The van der Waals surface area contributed by atoms with Crippen LogP contribution in [0.15, 0.2) is 16.6 Å². The monoisotopic (exact) mass is 263 g/mol. The molecule has 0 spiro atoms. The summed E-state index contributed by atoms with van der Waals surface area (Å²) in [6, 6.07) is 2.36. The molecular weight excluding hydrogens is 257 g/mol. The third kappa shape index (κ3) is 2.20. The molecule has 14 heavy (non-hydrogen) atoms. The summed E-state index contributed by atoms with van der Waals surface area (Å²) in [6.07, 6.45) is 0. The van der Waals surface area contributed by atoms with E-state index in [2.05, 4.69) is 15.9 Å². The molecule has 0 aliphatic heterocycles. The Morgan fingerprint density at radius 3 is 2.71 bits per heavy atom. The minimum atomic E-state index is -0.909. The molecule has 0 amide bonds. The minimum Gasteiger partial charge on any atom is -0.494 e. The number of halogens is 2. The lowest BCUT2D eigenvalue weighted by atomic mass is 10.3. The average Bonchev–Trinajstić information content (AvgIpc) is 2.01. The van der Waals surface area contributed by atoms with Crippen LogP contribution in [-0.4, -0.2) is 11.5 Å². The van der Waals surface area contributed by atoms with Crippen molar-refractivity contribution in [3.63, 3.8) is 0 Å². The zero-order chi connectivity index (χ0) is 10.7. The van der Waals surface area contributed by atoms with Gasteiger partial charge in [0.05, 0.1) is 11.5 Å². The van der Waals surface area contributed by atoms with E-state index < -0.39 is 16.4 Å². The zero-order valence-electron chi connectivity index (χ0n) is 7.29. The van der Waals surface area contributed by atoms with Crippen molar-refractivity contribution in [3.05, 3.63) is 32.5 Å². The van der Waals surface area contributed by atoms with Crippen molar-refractivity contribution in [2.24, 2.45) is 0 Å². The molecule has 1 aromatic carbocycles. The van der Waals surface area contributed by atoms with Gasteiger partial charge < -0.3 is 4.74 Å². The largest absolute Gasteiger partial charge is 0.494 e. The van der Waals surface area contributed by atoms with Crippen molar-refractivity contribution >= 4 is 21.6 Å². The number of hydrogen-bond donors (Lipinski definition) is 0. The Morgan fingerprint density at radius 2 is 2.29 bits per heavy atom. The van der Waals surface area contributed by atoms with Crippen molar-refractivity contribution in [1.29, 1.82) is 0 Å². The molecule has 0 N–H and O–H groups in total. The lowest BCUT2D eigenvalue weighted by Crippen LogP contribution is -1.97. The first kappa shape index (κ1) is 10.9. The molecule has 0 unspecified atom stereocenters. The SMILES string of the molecule is CCOc1cc(F)c([N+](=O)[O-])c(Br)c1. The van der Waals surface area contributed by atoms with E-state index in [-0.39, 0.29) is 10.2 Å². The first-order chi connectivity index (χ1) is 6.56. The summed E-state index contributed by atoms with van der Waals surface area (Å²) in [5.74, 6) is -0.643. The molecule has 0 aromatic heterocycles. The van der Waals surface area contributed by atoms with E-state index in [9.17, 15) is 14.5 Å². The average molecular weight is 264 g/mol. The summed E-state index contributed by atoms with van der Waals surface area (Å²) >= 11 is 2.91. The third-order valence-corrected chi connectivity index (χ3v) is 2.09. The van der Waals surface area contributed by atoms with E-state index in [1.807, 2.05) is 0 Å². The Labute approximate surface area is 88.0 Å². The van der Waals surface area contributed by atoms with Gasteiger partial charge in [0, 0.05) is 12.1 Å². The maximum absolute atomic E-state index is 13.1. The standard InChI is InChI=1S/C8H7BrFNO3/c1-2-14-5-3-6(9)8(11(12)13)7(10)4-5/h3-4H,2H2,1H3. The zero-order valence-corrected chi connectivity index (χ0v) is 8.88. The van der Waals surface area contributed by atoms with Gasteiger partial charge in [-0.1, -0.05) is 0 Å². The second-order valence-corrected chi connectivity index (χ2v) is 3.28. The number of rotatable bonds is 3. The van der Waals surface area contributed by atoms with Crippen LogP contribution in [0.25, 0.3) is 0 Å². The van der Waals surface area contributed by atoms with Gasteiger partial charge in [-0.3, -0.25) is 10.1 Å². The lowest BCUT2D eigenvalue weighted by Gasteiger charge is -2.04. The van der Waals surface area contributed by atoms with Crippen LogP contribution in [0.3, 0.4) is 0 Å². The van der Waals surface area contributed by atoms with Gasteiger partial charge >= 0.3 is 5.69 Å². The summed E-state index contributed by atoms with van der Waals surface area (Å²) in [5, 5.41) is 10.4. The first-order valence-corrected chi connectivity index (χ1v) is 4.61. The summed E-state index contributed by atoms with van der Waals surface area (Å²) in [5.41, 5.74) is -0.576. The van der Waals surface area contributed by atoms with Gasteiger partial charge in [0.15, 0.2) is 0 Å². The number of nitrogens with zero attached hydrogens (tertiary/aromatic N) is 1. The van der Waals surface area contributed by atoms with Crippen molar-refractivity contribution < 1.29 is 14.1 Å². The van der Waals surface area contributed by atoms with Crippen LogP contribution in [-0.2, 0) is 0 Å². The Kier molecular flexibility index (Phi) is 3.40. The van der Waals surface area contributed by atoms with E-state index in [4.69, 9.17) is 4.74 Å². The normalized spacial score (nSPS) is 9.93. The molecule has 1 rings (SSSR count). The van der Waals surface area contributed by atoms with Crippen LogP contribution in [0.1, 0.15) is 6.92 Å². The van der Waals surface area contributed by atoms with Gasteiger partial charge in [0.1, 0.15) is 10.2 Å². The molecule has 0 bridgehead atoms. The van der Waals surface area contributed by atoms with Gasteiger partial charge in [0.2, 0.25) is 5.82 Å². The number of nitro benzene ring substituents is 1. The maximum atomic E-state index is 13.1. The molecule has 0 aliphatic carbocycles. The summed E-state index contributed by atoms with van der Waals surface area (Å²) in [4.78, 5) is 9.62. The van der Waals surface area contributed by atoms with E-state index in [0.29, 0.717) is 6.61 Å². The number of hydrogen-bond acceptors (Lipinski definition) is 3. The molecule has 4 nitrogen and oxygen atoms in total. The van der Waals surface area contributed by atoms with Gasteiger partial charge in [-0.05, 0) is 22.9 Å². The third-order valence-electron chi connectivity index (χ3n) is 1.48. The predicted molar refractivity (Wildman–Crippen MR) is 51.9 cm³/mol. The molecular formula is C8H7BrFNO3. The smallest absolute Gasteiger partial charge is 0.319 e. The molecule has 6 heteroatoms. The summed E-state index contributed by atoms with van der Waals surface area (Å²) < 4.78 is 18.2. The van der Waals surface area contributed by atoms with Gasteiger partial charge in [0.25, 0.3) is 0 Å². The van der Waals surface area contributed by atoms with Gasteiger partial charge in [-0.15, -0.1) is 0 Å². The Bertz CT molecular complexity index is 347. The molecule has 0 aliphatic rings. The van der Waals surface area contributed by atoms with Crippen molar-refractivity contribution in [1.82, 2.24) is 0 Å². The lowest BCUT2D eigenvalue weighted by molar-refractivity contribution is -0.388. The topological polar surface area (TPSA) is 52.4 Å². The Morgan fingerprint density at radius 1 is 1.64 bits per heavy atom. The van der Waals surface area contributed by atoms with Crippen LogP contribution in [0.5, 0.6) is 5.75 Å². The quantitative estimate of drug-likeness (QED) is 0.623. The first-order valence-electron chi connectivity index (χ1n) is 3.82. The highest BCUT2D eigenvalue weighted by atomic mass is 79.9. The Hall–Kier alpha value is -1.17. The van der Waals surface area contributed by atoms with Gasteiger partial charge in [-0.2, -0.15) is 4.39 Å². The van der Waals surface area contributed by atoms with E-state index >= 15 is 0 Å². The fourth-order valence-electron chi connectivity index (χ4n) is 0.967. The maximum Gasteiger partial charge on any atom is 0.319 e. The second kappa shape index (κ2) is 4.36. The molecule has 1 aromatic rings. The van der Waals surface area contributed by atoms with Crippen LogP contribution >= 0.6 is 15.9 Å². The molecule has 0 saturated carbocycles. The molecule has 0 fully saturated rings. The molecule has 0 heterocycles. The highest BCUT2D eigenvalue weighted by Gasteiger charge is 2.20. The number of benzene rings is 1. The number of ether oxygens (including phenoxy) is 1. The fraction of sp³-hybridized carbons (Fsp3) is 0.250.